The Morgan fingerprint density at radius 3 is 1.64 bits per heavy atom. The van der Waals surface area contributed by atoms with Crippen LogP contribution in [0.15, 0.2) is 61.2 Å². The second-order valence-electron chi connectivity index (χ2n) is 7.82. The molecule has 0 aliphatic carbocycles. The molecule has 2 aromatic carbocycles. The van der Waals surface area contributed by atoms with Gasteiger partial charge in [0, 0.05) is 0 Å². The molecule has 3 nitrogen and oxygen atoms in total. The summed E-state index contributed by atoms with van der Waals surface area (Å²) in [6.07, 6.45) is -8.08. The average Bonchev–Trinajstić information content (AvgIpc) is 2.93. The Morgan fingerprint density at radius 1 is 0.909 bits per heavy atom. The van der Waals surface area contributed by atoms with Crippen molar-refractivity contribution in [3.8, 4) is 0 Å². The predicted octanol–water partition coefficient (Wildman–Crippen LogP) is 7.20. The van der Waals surface area contributed by atoms with Crippen LogP contribution in [-0.2, 0) is 28.7 Å². The summed E-state index contributed by atoms with van der Waals surface area (Å²) in [5.41, 5.74) is -1.13. The van der Waals surface area contributed by atoms with E-state index in [1.807, 2.05) is 0 Å². The van der Waals surface area contributed by atoms with Gasteiger partial charge in [0.1, 0.15) is 0 Å². The van der Waals surface area contributed by atoms with Gasteiger partial charge in [0.15, 0.2) is 0 Å². The second-order valence-corrected chi connectivity index (χ2v) is 11.7. The average molecular weight is 508 g/mol. The first kappa shape index (κ1) is 25.9. The van der Waals surface area contributed by atoms with Crippen molar-refractivity contribution in [1.29, 1.82) is 0 Å². The van der Waals surface area contributed by atoms with Gasteiger partial charge in [-0.2, -0.15) is 26.3 Å². The van der Waals surface area contributed by atoms with E-state index >= 15 is 0 Å². The zero-order chi connectivity index (χ0) is 24.8. The van der Waals surface area contributed by atoms with E-state index in [4.69, 9.17) is 16.3 Å². The van der Waals surface area contributed by atoms with Crippen LogP contribution in [0.3, 0.4) is 0 Å². The number of rotatable bonds is 5. The van der Waals surface area contributed by atoms with Crippen LogP contribution in [0.5, 0.6) is 0 Å². The van der Waals surface area contributed by atoms with Gasteiger partial charge in [0.05, 0.1) is 29.3 Å². The van der Waals surface area contributed by atoms with Gasteiger partial charge in [-0.05, 0) is 68.2 Å². The normalized spacial score (nSPS) is 22.9. The fraction of sp³-hybridized carbons (Fsp3) is 0.364. The van der Waals surface area contributed by atoms with Crippen LogP contribution in [0.25, 0.3) is 0 Å². The molecule has 1 aliphatic heterocycles. The number of hydrogen-bond acceptors (Lipinski definition) is 2. The minimum Gasteiger partial charge on any atom is -0.319 e. The van der Waals surface area contributed by atoms with Crippen molar-refractivity contribution in [3.63, 3.8) is 0 Å². The van der Waals surface area contributed by atoms with Gasteiger partial charge < -0.3 is 4.52 Å². The van der Waals surface area contributed by atoms with E-state index in [0.717, 1.165) is 24.3 Å². The zero-order valence-electron chi connectivity index (χ0n) is 18.1. The molecule has 1 aliphatic rings. The Hall–Kier alpha value is -1.71. The molecule has 0 N–H and O–H groups in total. The molecule has 3 atom stereocenters. The minimum absolute atomic E-state index is 0.281. The first-order chi connectivity index (χ1) is 15.2. The second kappa shape index (κ2) is 9.15. The molecule has 1 saturated heterocycles. The van der Waals surface area contributed by atoms with Gasteiger partial charge in [-0.3, -0.25) is 0 Å². The quantitative estimate of drug-likeness (QED) is 0.241. The number of nitrogens with zero attached hydrogens (tertiary/aromatic N) is 2. The number of likely N-dealkylation sites (N-methyl/N-ethyl adjacent to an activating group) is 2. The molecule has 3 rings (SSSR count). The van der Waals surface area contributed by atoms with E-state index in [1.54, 1.807) is 30.4 Å². The fourth-order valence-electron chi connectivity index (χ4n) is 3.95. The highest BCUT2D eigenvalue weighted by Crippen LogP contribution is 2.69. The maximum absolute atomic E-state index is 13.4. The molecular formula is C22H23F6N2OPS. The van der Waals surface area contributed by atoms with Crippen LogP contribution in [0.1, 0.15) is 41.3 Å². The zero-order valence-corrected chi connectivity index (χ0v) is 19.8. The Labute approximate surface area is 193 Å². The monoisotopic (exact) mass is 508 g/mol. The van der Waals surface area contributed by atoms with Crippen LogP contribution in [-0.4, -0.2) is 29.5 Å². The first-order valence-corrected chi connectivity index (χ1v) is 12.5. The molecule has 1 fully saturated rings. The fourth-order valence-corrected chi connectivity index (χ4v) is 7.37. The Kier molecular flexibility index (Phi) is 7.18. The maximum Gasteiger partial charge on any atom is 0.416 e. The van der Waals surface area contributed by atoms with E-state index < -0.39 is 48.2 Å². The molecule has 0 saturated carbocycles. The predicted molar refractivity (Wildman–Crippen MR) is 119 cm³/mol. The van der Waals surface area contributed by atoms with Crippen LogP contribution in [0.2, 0.25) is 0 Å². The van der Waals surface area contributed by atoms with Crippen molar-refractivity contribution in [2.45, 2.75) is 37.5 Å². The smallest absolute Gasteiger partial charge is 0.319 e. The van der Waals surface area contributed by atoms with Crippen molar-refractivity contribution >= 4 is 18.4 Å². The standard InChI is InChI=1S/C22H23F6N2OPS/c1-5-14(2)31-32(33)29(3)19(15-8-6-10-17(12-15)21(23,24)25)20(30(32)4)16-9-7-11-18(13-16)22(26,27)28/h5-14,19-20H,1H2,2-4H3/t14?,19-,20-/m0/s1. The molecule has 2 aromatic rings. The van der Waals surface area contributed by atoms with Crippen LogP contribution in [0.4, 0.5) is 26.3 Å². The molecule has 0 radical (unpaired) electrons. The van der Waals surface area contributed by atoms with Crippen LogP contribution < -0.4 is 0 Å². The summed E-state index contributed by atoms with van der Waals surface area (Å²) in [6.45, 7) is 2.38. The number of hydrogen-bond donors (Lipinski definition) is 0. The lowest BCUT2D eigenvalue weighted by Crippen LogP contribution is -2.22. The highest BCUT2D eigenvalue weighted by molar-refractivity contribution is 8.10. The Bertz CT molecular complexity index is 1000. The molecule has 180 valence electrons. The minimum atomic E-state index is -4.57. The summed E-state index contributed by atoms with van der Waals surface area (Å²) in [6, 6.07) is 7.98. The number of halogens is 6. The maximum atomic E-state index is 13.4. The molecule has 1 unspecified atom stereocenters. The topological polar surface area (TPSA) is 15.7 Å². The van der Waals surface area contributed by atoms with E-state index in [-0.39, 0.29) is 11.1 Å². The third kappa shape index (κ3) is 5.05. The van der Waals surface area contributed by atoms with Crippen LogP contribution in [0, 0.1) is 0 Å². The summed E-state index contributed by atoms with van der Waals surface area (Å²) < 4.78 is 89.9. The van der Waals surface area contributed by atoms with Crippen molar-refractivity contribution in [2.24, 2.45) is 0 Å². The summed E-state index contributed by atoms with van der Waals surface area (Å²) in [5.74, 6) is 0. The summed E-state index contributed by atoms with van der Waals surface area (Å²) in [4.78, 5) is 0. The molecular weight excluding hydrogens is 485 g/mol. The van der Waals surface area contributed by atoms with Gasteiger partial charge in [0.2, 0.25) is 6.57 Å². The van der Waals surface area contributed by atoms with E-state index in [2.05, 4.69) is 6.58 Å². The summed E-state index contributed by atoms with van der Waals surface area (Å²) >= 11 is 5.87. The lowest BCUT2D eigenvalue weighted by molar-refractivity contribution is -0.138. The van der Waals surface area contributed by atoms with Gasteiger partial charge in [-0.1, -0.05) is 30.3 Å². The molecule has 11 heteroatoms. The molecule has 1 heterocycles. The number of benzene rings is 2. The van der Waals surface area contributed by atoms with Crippen LogP contribution >= 0.6 is 6.57 Å². The third-order valence-electron chi connectivity index (χ3n) is 5.65. The highest BCUT2D eigenvalue weighted by atomic mass is 32.5. The first-order valence-electron chi connectivity index (χ1n) is 9.92. The van der Waals surface area contributed by atoms with Gasteiger partial charge >= 0.3 is 12.4 Å². The number of alkyl halides is 6. The van der Waals surface area contributed by atoms with Crippen molar-refractivity contribution in [3.05, 3.63) is 83.4 Å². The van der Waals surface area contributed by atoms with E-state index in [9.17, 15) is 26.3 Å². The van der Waals surface area contributed by atoms with Crippen molar-refractivity contribution in [2.75, 3.05) is 14.1 Å². The van der Waals surface area contributed by atoms with Gasteiger partial charge in [-0.15, -0.1) is 6.58 Å². The summed E-state index contributed by atoms with van der Waals surface area (Å²) in [5, 5.41) is 0. The molecule has 0 aromatic heterocycles. The lowest BCUT2D eigenvalue weighted by atomic mass is 9.91. The molecule has 0 amide bonds. The van der Waals surface area contributed by atoms with E-state index in [1.165, 1.54) is 30.3 Å². The molecule has 33 heavy (non-hydrogen) atoms. The Morgan fingerprint density at radius 2 is 1.30 bits per heavy atom. The van der Waals surface area contributed by atoms with Gasteiger partial charge in [-0.25, -0.2) is 9.34 Å². The van der Waals surface area contributed by atoms with Crippen molar-refractivity contribution in [1.82, 2.24) is 9.34 Å². The van der Waals surface area contributed by atoms with Gasteiger partial charge in [0.25, 0.3) is 0 Å². The Balaban J connectivity index is 2.20. The molecule has 0 bridgehead atoms. The highest BCUT2D eigenvalue weighted by Gasteiger charge is 2.51. The SMILES string of the molecule is C=CC(C)OP1(=S)N(C)[C@@H](c2cccc(C(F)(F)F)c2)[C@H](c2cccc(C(F)(F)F)c2)N1C. The third-order valence-corrected chi connectivity index (χ3v) is 10.2. The van der Waals surface area contributed by atoms with Crippen molar-refractivity contribution < 1.29 is 30.9 Å². The summed E-state index contributed by atoms with van der Waals surface area (Å²) in [7, 11) is 3.26. The lowest BCUT2D eigenvalue weighted by Gasteiger charge is -2.32. The largest absolute Gasteiger partial charge is 0.416 e. The molecule has 0 spiro atoms. The van der Waals surface area contributed by atoms with E-state index in [0.29, 0.717) is 0 Å².